The fourth-order valence-electron chi connectivity index (χ4n) is 3.11. The maximum Gasteiger partial charge on any atom is 0.277 e. The van der Waals surface area contributed by atoms with E-state index in [-0.39, 0.29) is 11.1 Å². The third kappa shape index (κ3) is 5.12. The van der Waals surface area contributed by atoms with Gasteiger partial charge in [0.1, 0.15) is 11.0 Å². The van der Waals surface area contributed by atoms with Crippen molar-refractivity contribution >= 4 is 35.0 Å². The maximum atomic E-state index is 13.3. The van der Waals surface area contributed by atoms with Crippen molar-refractivity contribution in [1.82, 2.24) is 10.2 Å². The Morgan fingerprint density at radius 1 is 1.06 bits per heavy atom. The molecular formula is C24H20ClN3O3S. The van der Waals surface area contributed by atoms with Crippen LogP contribution in [0.2, 0.25) is 5.02 Å². The van der Waals surface area contributed by atoms with Crippen LogP contribution in [0.3, 0.4) is 0 Å². The van der Waals surface area contributed by atoms with Crippen LogP contribution in [0, 0.1) is 6.92 Å². The first-order valence-corrected chi connectivity index (χ1v) is 11.1. The van der Waals surface area contributed by atoms with Crippen LogP contribution in [0.25, 0.3) is 11.5 Å². The Balaban J connectivity index is 1.61. The second-order valence-corrected chi connectivity index (χ2v) is 8.48. The van der Waals surface area contributed by atoms with Gasteiger partial charge >= 0.3 is 0 Å². The third-order valence-electron chi connectivity index (χ3n) is 4.65. The maximum absolute atomic E-state index is 13.3. The molecule has 4 rings (SSSR count). The summed E-state index contributed by atoms with van der Waals surface area (Å²) in [4.78, 5) is 13.3. The Kier molecular flexibility index (Phi) is 6.78. The summed E-state index contributed by atoms with van der Waals surface area (Å²) >= 11 is 7.24. The first-order chi connectivity index (χ1) is 15.5. The van der Waals surface area contributed by atoms with Crippen LogP contribution in [0.15, 0.2) is 82.4 Å². The number of hydrogen-bond donors (Lipinski definition) is 1. The van der Waals surface area contributed by atoms with E-state index in [0.717, 1.165) is 11.1 Å². The SMILES string of the molecule is COc1ccc(C)cc1NC(=O)C(Sc1nnc(-c2cccc(Cl)c2)o1)c1ccccc1. The molecule has 1 aromatic heterocycles. The van der Waals surface area contributed by atoms with Gasteiger partial charge in [-0.05, 0) is 60.1 Å². The summed E-state index contributed by atoms with van der Waals surface area (Å²) in [7, 11) is 1.57. The molecule has 8 heteroatoms. The van der Waals surface area contributed by atoms with Crippen molar-refractivity contribution < 1.29 is 13.9 Å². The number of halogens is 1. The van der Waals surface area contributed by atoms with Crippen molar-refractivity contribution in [3.63, 3.8) is 0 Å². The molecule has 3 aromatic carbocycles. The number of nitrogens with one attached hydrogen (secondary N) is 1. The fraction of sp³-hybridized carbons (Fsp3) is 0.125. The molecule has 32 heavy (non-hydrogen) atoms. The van der Waals surface area contributed by atoms with Gasteiger partial charge in [-0.2, -0.15) is 0 Å². The van der Waals surface area contributed by atoms with Gasteiger partial charge in [-0.3, -0.25) is 4.79 Å². The van der Waals surface area contributed by atoms with Crippen molar-refractivity contribution in [3.8, 4) is 17.2 Å². The van der Waals surface area contributed by atoms with E-state index in [1.54, 1.807) is 19.2 Å². The van der Waals surface area contributed by atoms with Crippen LogP contribution in [-0.2, 0) is 4.79 Å². The van der Waals surface area contributed by atoms with Crippen molar-refractivity contribution in [2.75, 3.05) is 12.4 Å². The molecular weight excluding hydrogens is 446 g/mol. The minimum absolute atomic E-state index is 0.229. The number of aryl methyl sites for hydroxylation is 1. The number of nitrogens with zero attached hydrogens (tertiary/aromatic N) is 2. The predicted octanol–water partition coefficient (Wildman–Crippen LogP) is 6.18. The minimum Gasteiger partial charge on any atom is -0.495 e. The number of carbonyl (C=O) groups excluding carboxylic acids is 1. The van der Waals surface area contributed by atoms with Crippen LogP contribution in [-0.4, -0.2) is 23.2 Å². The van der Waals surface area contributed by atoms with Gasteiger partial charge in [-0.25, -0.2) is 0 Å². The lowest BCUT2D eigenvalue weighted by atomic mass is 10.1. The zero-order valence-electron chi connectivity index (χ0n) is 17.4. The van der Waals surface area contributed by atoms with Gasteiger partial charge in [-0.15, -0.1) is 10.2 Å². The van der Waals surface area contributed by atoms with E-state index in [9.17, 15) is 4.79 Å². The molecule has 1 unspecified atom stereocenters. The lowest BCUT2D eigenvalue weighted by molar-refractivity contribution is -0.115. The Morgan fingerprint density at radius 2 is 1.88 bits per heavy atom. The normalized spacial score (nSPS) is 11.7. The van der Waals surface area contributed by atoms with Crippen molar-refractivity contribution in [2.45, 2.75) is 17.4 Å². The second kappa shape index (κ2) is 9.89. The van der Waals surface area contributed by atoms with Crippen LogP contribution in [0.5, 0.6) is 5.75 Å². The van der Waals surface area contributed by atoms with E-state index in [4.69, 9.17) is 20.8 Å². The van der Waals surface area contributed by atoms with Crippen LogP contribution in [0.1, 0.15) is 16.4 Å². The van der Waals surface area contributed by atoms with Gasteiger partial charge in [0.2, 0.25) is 11.8 Å². The summed E-state index contributed by atoms with van der Waals surface area (Å²) in [5, 5.41) is 11.4. The molecule has 4 aromatic rings. The number of amides is 1. The molecule has 162 valence electrons. The Labute approximate surface area is 195 Å². The van der Waals surface area contributed by atoms with Gasteiger partial charge < -0.3 is 14.5 Å². The summed E-state index contributed by atoms with van der Waals surface area (Å²) < 4.78 is 11.2. The number of carbonyl (C=O) groups is 1. The molecule has 0 saturated heterocycles. The average Bonchev–Trinajstić information content (AvgIpc) is 3.27. The molecule has 0 fully saturated rings. The van der Waals surface area contributed by atoms with E-state index < -0.39 is 5.25 Å². The fourth-order valence-corrected chi connectivity index (χ4v) is 4.18. The van der Waals surface area contributed by atoms with Gasteiger partial charge in [0.25, 0.3) is 5.22 Å². The molecule has 1 amide bonds. The van der Waals surface area contributed by atoms with Crippen LogP contribution >= 0.6 is 23.4 Å². The molecule has 0 bridgehead atoms. The number of rotatable bonds is 7. The number of methoxy groups -OCH3 is 1. The van der Waals surface area contributed by atoms with Gasteiger partial charge in [0.15, 0.2) is 0 Å². The number of ether oxygens (including phenoxy) is 1. The topological polar surface area (TPSA) is 77.2 Å². The molecule has 1 atom stereocenters. The van der Waals surface area contributed by atoms with Crippen molar-refractivity contribution in [3.05, 3.63) is 88.9 Å². The number of hydrogen-bond acceptors (Lipinski definition) is 6. The number of thioether (sulfide) groups is 1. The molecule has 1 N–H and O–H groups in total. The van der Waals surface area contributed by atoms with E-state index in [1.165, 1.54) is 11.8 Å². The van der Waals surface area contributed by atoms with E-state index in [1.807, 2.05) is 67.6 Å². The van der Waals surface area contributed by atoms with Crippen LogP contribution < -0.4 is 10.1 Å². The van der Waals surface area contributed by atoms with Gasteiger partial charge in [-0.1, -0.05) is 54.1 Å². The largest absolute Gasteiger partial charge is 0.495 e. The lowest BCUT2D eigenvalue weighted by Gasteiger charge is -2.17. The smallest absolute Gasteiger partial charge is 0.277 e. The molecule has 0 saturated carbocycles. The highest BCUT2D eigenvalue weighted by Crippen LogP contribution is 2.37. The van der Waals surface area contributed by atoms with Crippen molar-refractivity contribution in [2.24, 2.45) is 0 Å². The summed E-state index contributed by atoms with van der Waals surface area (Å²) in [5.41, 5.74) is 3.13. The summed E-state index contributed by atoms with van der Waals surface area (Å²) in [6.07, 6.45) is 0. The molecule has 0 aliphatic heterocycles. The molecule has 0 radical (unpaired) electrons. The van der Waals surface area contributed by atoms with Gasteiger partial charge in [0, 0.05) is 10.6 Å². The van der Waals surface area contributed by atoms with E-state index >= 15 is 0 Å². The molecule has 0 aliphatic carbocycles. The van der Waals surface area contributed by atoms with Crippen LogP contribution in [0.4, 0.5) is 5.69 Å². The number of anilines is 1. The predicted molar refractivity (Wildman–Crippen MR) is 126 cm³/mol. The zero-order chi connectivity index (χ0) is 22.5. The Morgan fingerprint density at radius 3 is 2.62 bits per heavy atom. The highest BCUT2D eigenvalue weighted by Gasteiger charge is 2.26. The third-order valence-corrected chi connectivity index (χ3v) is 5.97. The highest BCUT2D eigenvalue weighted by atomic mass is 35.5. The second-order valence-electron chi connectivity index (χ2n) is 6.99. The van der Waals surface area contributed by atoms with E-state index in [0.29, 0.717) is 27.9 Å². The Bertz CT molecular complexity index is 1230. The van der Waals surface area contributed by atoms with E-state index in [2.05, 4.69) is 15.5 Å². The van der Waals surface area contributed by atoms with Gasteiger partial charge in [0.05, 0.1) is 12.8 Å². The number of aromatic nitrogens is 2. The zero-order valence-corrected chi connectivity index (χ0v) is 19.0. The summed E-state index contributed by atoms with van der Waals surface area (Å²) in [6, 6.07) is 22.2. The molecule has 6 nitrogen and oxygen atoms in total. The monoisotopic (exact) mass is 465 g/mol. The Hall–Kier alpha value is -3.29. The number of benzene rings is 3. The molecule has 0 aliphatic rings. The summed E-state index contributed by atoms with van der Waals surface area (Å²) in [5.74, 6) is 0.692. The standard InChI is InChI=1S/C24H20ClN3O3S/c1-15-11-12-20(30-2)19(13-15)26-22(29)21(16-7-4-3-5-8-16)32-24-28-27-23(31-24)17-9-6-10-18(25)14-17/h3-14,21H,1-2H3,(H,26,29). The first kappa shape index (κ1) is 21.9. The molecule has 0 spiro atoms. The lowest BCUT2D eigenvalue weighted by Crippen LogP contribution is -2.19. The summed E-state index contributed by atoms with van der Waals surface area (Å²) in [6.45, 7) is 1.95. The molecule has 1 heterocycles. The quantitative estimate of drug-likeness (QED) is 0.328. The van der Waals surface area contributed by atoms with Crippen molar-refractivity contribution in [1.29, 1.82) is 0 Å². The minimum atomic E-state index is -0.617. The highest BCUT2D eigenvalue weighted by molar-refractivity contribution is 8.00. The average molecular weight is 466 g/mol. The first-order valence-electron chi connectivity index (χ1n) is 9.80.